The first-order valence-electron chi connectivity index (χ1n) is 14.8. The molecular weight excluding hydrogens is 610 g/mol. The fourth-order valence-electron chi connectivity index (χ4n) is 5.50. The van der Waals surface area contributed by atoms with Crippen molar-refractivity contribution in [1.29, 1.82) is 0 Å². The van der Waals surface area contributed by atoms with E-state index in [2.05, 4.69) is 31.8 Å². The minimum Gasteiger partial charge on any atom is -0.491 e. The first-order chi connectivity index (χ1) is 21.9. The number of likely N-dealkylation sites (N-methyl/N-ethyl adjacent to an activating group) is 1. The van der Waals surface area contributed by atoms with Crippen molar-refractivity contribution in [2.45, 2.75) is 19.4 Å². The lowest BCUT2D eigenvalue weighted by molar-refractivity contribution is -0.145. The number of fused-ring (bicyclic) bond motifs is 1. The lowest BCUT2D eigenvalue weighted by atomic mass is 9.96. The third kappa shape index (κ3) is 6.94. The predicted octanol–water partition coefficient (Wildman–Crippen LogP) is 6.08. The number of hydrogen-bond acceptors (Lipinski definition) is 9. The number of pyridine rings is 1. The number of benzene rings is 2. The SMILES string of the molecule is Cc1c(-c2c(-c3ccncc3)sc3ncnc(O[C@H](Cc4ccccc4)C(=O)O)c23)ccc(OCCN2CCN(C)CC2)c1Cl. The van der Waals surface area contributed by atoms with Gasteiger partial charge in [0.2, 0.25) is 12.0 Å². The molecule has 1 fully saturated rings. The van der Waals surface area contributed by atoms with Crippen LogP contribution < -0.4 is 9.47 Å². The molecule has 1 atom stereocenters. The van der Waals surface area contributed by atoms with Crippen LogP contribution in [0.5, 0.6) is 11.6 Å². The standard InChI is InChI=1S/C34H34ClN5O4S/c1-22-25(8-9-26(30(22)35)43-19-18-40-16-14-39(2)15-17-40)28-29-32(44-27(34(41)42)20-23-6-4-3-5-7-23)37-21-38-33(29)45-31(28)24-10-12-36-13-11-24/h3-13,21,27H,14-20H2,1-2H3,(H,41,42)/t27-/m1/s1. The molecule has 1 N–H and O–H groups in total. The summed E-state index contributed by atoms with van der Waals surface area (Å²) in [6, 6.07) is 17.2. The number of halogens is 1. The molecule has 0 aliphatic carbocycles. The van der Waals surface area contributed by atoms with E-state index in [0.29, 0.717) is 27.6 Å². The molecule has 9 nitrogen and oxygen atoms in total. The molecule has 5 aromatic rings. The van der Waals surface area contributed by atoms with Crippen LogP contribution in [0.15, 0.2) is 73.3 Å². The summed E-state index contributed by atoms with van der Waals surface area (Å²) in [5.74, 6) is -0.245. The quantitative estimate of drug-likeness (QED) is 0.183. The Hall–Kier alpha value is -4.09. The fourth-order valence-corrected chi connectivity index (χ4v) is 6.87. The van der Waals surface area contributed by atoms with Gasteiger partial charge in [-0.05, 0) is 54.4 Å². The second kappa shape index (κ2) is 13.9. The van der Waals surface area contributed by atoms with E-state index >= 15 is 0 Å². The minimum atomic E-state index is -1.15. The van der Waals surface area contributed by atoms with Gasteiger partial charge in [-0.3, -0.25) is 9.88 Å². The summed E-state index contributed by atoms with van der Waals surface area (Å²) in [4.78, 5) is 31.9. The largest absolute Gasteiger partial charge is 0.491 e. The monoisotopic (exact) mass is 643 g/mol. The van der Waals surface area contributed by atoms with Crippen LogP contribution in [-0.4, -0.2) is 88.3 Å². The number of hydrogen-bond donors (Lipinski definition) is 1. The summed E-state index contributed by atoms with van der Waals surface area (Å²) in [6.45, 7) is 7.48. The van der Waals surface area contributed by atoms with Gasteiger partial charge in [-0.25, -0.2) is 14.8 Å². The summed E-state index contributed by atoms with van der Waals surface area (Å²) in [7, 11) is 2.14. The molecule has 0 amide bonds. The second-order valence-electron chi connectivity index (χ2n) is 11.1. The molecule has 232 valence electrons. The van der Waals surface area contributed by atoms with Crippen LogP contribution in [-0.2, 0) is 11.2 Å². The Kier molecular flexibility index (Phi) is 9.56. The van der Waals surface area contributed by atoms with Crippen molar-refractivity contribution in [1.82, 2.24) is 24.8 Å². The van der Waals surface area contributed by atoms with E-state index in [1.54, 1.807) is 12.4 Å². The molecule has 0 saturated carbocycles. The third-order valence-corrected chi connectivity index (χ3v) is 9.69. The summed E-state index contributed by atoms with van der Waals surface area (Å²) in [5, 5.41) is 11.3. The highest BCUT2D eigenvalue weighted by atomic mass is 35.5. The number of aromatic nitrogens is 3. The van der Waals surface area contributed by atoms with E-state index in [4.69, 9.17) is 21.1 Å². The van der Waals surface area contributed by atoms with Crippen molar-refractivity contribution in [2.24, 2.45) is 0 Å². The van der Waals surface area contributed by atoms with Gasteiger partial charge in [0, 0.05) is 62.0 Å². The molecule has 0 radical (unpaired) electrons. The van der Waals surface area contributed by atoms with Crippen molar-refractivity contribution in [3.8, 4) is 33.2 Å². The van der Waals surface area contributed by atoms with Crippen LogP contribution in [0.1, 0.15) is 11.1 Å². The predicted molar refractivity (Wildman–Crippen MR) is 177 cm³/mol. The summed E-state index contributed by atoms with van der Waals surface area (Å²) < 4.78 is 12.4. The lowest BCUT2D eigenvalue weighted by Crippen LogP contribution is -2.45. The van der Waals surface area contributed by atoms with Gasteiger partial charge in [0.25, 0.3) is 0 Å². The van der Waals surface area contributed by atoms with E-state index in [0.717, 1.165) is 65.4 Å². The topological polar surface area (TPSA) is 101 Å². The highest BCUT2D eigenvalue weighted by molar-refractivity contribution is 7.22. The third-order valence-electron chi connectivity index (χ3n) is 8.07. The van der Waals surface area contributed by atoms with E-state index in [9.17, 15) is 9.90 Å². The molecule has 6 rings (SSSR count). The molecule has 0 spiro atoms. The first kappa shape index (κ1) is 30.9. The van der Waals surface area contributed by atoms with E-state index < -0.39 is 12.1 Å². The van der Waals surface area contributed by atoms with Crippen molar-refractivity contribution in [3.05, 3.63) is 89.5 Å². The molecule has 3 aromatic heterocycles. The van der Waals surface area contributed by atoms with E-state index in [1.807, 2.05) is 61.5 Å². The van der Waals surface area contributed by atoms with Gasteiger partial charge in [0.05, 0.1) is 10.4 Å². The highest BCUT2D eigenvalue weighted by Crippen LogP contribution is 2.49. The van der Waals surface area contributed by atoms with E-state index in [-0.39, 0.29) is 12.3 Å². The van der Waals surface area contributed by atoms with Gasteiger partial charge >= 0.3 is 5.97 Å². The van der Waals surface area contributed by atoms with Crippen LogP contribution in [0.25, 0.3) is 31.8 Å². The van der Waals surface area contributed by atoms with Gasteiger partial charge in [-0.1, -0.05) is 48.0 Å². The van der Waals surface area contributed by atoms with Gasteiger partial charge in [0.15, 0.2) is 0 Å². The molecule has 0 bridgehead atoms. The van der Waals surface area contributed by atoms with Crippen LogP contribution in [0.3, 0.4) is 0 Å². The maximum absolute atomic E-state index is 12.4. The van der Waals surface area contributed by atoms with E-state index in [1.165, 1.54) is 17.7 Å². The summed E-state index contributed by atoms with van der Waals surface area (Å²) in [6.07, 6.45) is 3.92. The smallest absolute Gasteiger partial charge is 0.345 e. The Morgan fingerprint density at radius 2 is 1.80 bits per heavy atom. The number of piperazine rings is 1. The molecule has 1 saturated heterocycles. The maximum atomic E-state index is 12.4. The van der Waals surface area contributed by atoms with Crippen LogP contribution >= 0.6 is 22.9 Å². The first-order valence-corrected chi connectivity index (χ1v) is 16.0. The number of carboxylic acids is 1. The zero-order chi connectivity index (χ0) is 31.3. The Bertz CT molecular complexity index is 1780. The average molecular weight is 644 g/mol. The summed E-state index contributed by atoms with van der Waals surface area (Å²) >= 11 is 8.45. The number of carboxylic acid groups (broad SMARTS) is 1. The Morgan fingerprint density at radius 1 is 1.04 bits per heavy atom. The number of nitrogens with zero attached hydrogens (tertiary/aromatic N) is 5. The average Bonchev–Trinajstić information content (AvgIpc) is 3.45. The number of thiophene rings is 1. The zero-order valence-electron chi connectivity index (χ0n) is 25.1. The van der Waals surface area contributed by atoms with Crippen molar-refractivity contribution < 1.29 is 19.4 Å². The number of aliphatic carboxylic acids is 1. The summed E-state index contributed by atoms with van der Waals surface area (Å²) in [5.41, 5.74) is 4.31. The van der Waals surface area contributed by atoms with Gasteiger partial charge in [0.1, 0.15) is 23.5 Å². The lowest BCUT2D eigenvalue weighted by Gasteiger charge is -2.32. The van der Waals surface area contributed by atoms with Crippen LogP contribution in [0.2, 0.25) is 5.02 Å². The normalized spacial score (nSPS) is 14.8. The van der Waals surface area contributed by atoms with Crippen molar-refractivity contribution in [3.63, 3.8) is 0 Å². The Balaban J connectivity index is 1.37. The molecule has 1 aliphatic heterocycles. The molecule has 0 unspecified atom stereocenters. The Labute approximate surface area is 271 Å². The van der Waals surface area contributed by atoms with Crippen molar-refractivity contribution in [2.75, 3.05) is 46.4 Å². The van der Waals surface area contributed by atoms with Gasteiger partial charge < -0.3 is 19.5 Å². The molecule has 45 heavy (non-hydrogen) atoms. The maximum Gasteiger partial charge on any atom is 0.345 e. The fraction of sp³-hybridized carbons (Fsp3) is 0.294. The van der Waals surface area contributed by atoms with Crippen LogP contribution in [0.4, 0.5) is 0 Å². The molecular formula is C34H34ClN5O4S. The van der Waals surface area contributed by atoms with Gasteiger partial charge in [-0.15, -0.1) is 11.3 Å². The Morgan fingerprint density at radius 3 is 2.53 bits per heavy atom. The van der Waals surface area contributed by atoms with Crippen molar-refractivity contribution >= 4 is 39.1 Å². The number of rotatable bonds is 11. The zero-order valence-corrected chi connectivity index (χ0v) is 26.7. The number of carbonyl (C=O) groups is 1. The van der Waals surface area contributed by atoms with Gasteiger partial charge in [-0.2, -0.15) is 0 Å². The second-order valence-corrected chi connectivity index (χ2v) is 12.5. The highest BCUT2D eigenvalue weighted by Gasteiger charge is 2.27. The number of ether oxygens (including phenoxy) is 2. The molecule has 2 aromatic carbocycles. The minimum absolute atomic E-state index is 0.184. The van der Waals surface area contributed by atoms with Crippen LogP contribution in [0, 0.1) is 6.92 Å². The molecule has 4 heterocycles. The molecule has 11 heteroatoms. The molecule has 1 aliphatic rings.